The topological polar surface area (TPSA) is 60.0 Å². The molecule has 1 aromatic carbocycles. The van der Waals surface area contributed by atoms with Crippen LogP contribution in [0.2, 0.25) is 0 Å². The number of likely N-dealkylation sites (tertiary alicyclic amines) is 2. The van der Waals surface area contributed by atoms with Gasteiger partial charge in [0.05, 0.1) is 0 Å². The number of hydrogen-bond acceptors (Lipinski definition) is 3. The number of nitrogens with zero attached hydrogens (tertiary/aromatic N) is 3. The summed E-state index contributed by atoms with van der Waals surface area (Å²) in [5.74, 6) is 1.46. The second kappa shape index (κ2) is 11.2. The van der Waals surface area contributed by atoms with E-state index >= 15 is 0 Å². The highest BCUT2D eigenvalue weighted by atomic mass is 16.2. The van der Waals surface area contributed by atoms with Crippen LogP contribution in [-0.4, -0.2) is 60.4 Å². The van der Waals surface area contributed by atoms with E-state index < -0.39 is 0 Å². The van der Waals surface area contributed by atoms with Crippen molar-refractivity contribution in [3.63, 3.8) is 0 Å². The van der Waals surface area contributed by atoms with Gasteiger partial charge < -0.3 is 15.5 Å². The van der Waals surface area contributed by atoms with Gasteiger partial charge in [-0.1, -0.05) is 43.5 Å². The summed E-state index contributed by atoms with van der Waals surface area (Å²) in [4.78, 5) is 21.7. The SMILES string of the molecule is CN=C(NCc1ccc(CN2CCCCC2C)cc1)NC1CCN(C(=O)C2CCCC2)C1. The number of carbonyl (C=O) groups excluding carboxylic acids is 1. The number of aliphatic imine (C=N–C) groups is 1. The minimum atomic E-state index is 0.271. The summed E-state index contributed by atoms with van der Waals surface area (Å²) in [6, 6.07) is 9.94. The van der Waals surface area contributed by atoms with Crippen molar-refractivity contribution >= 4 is 11.9 Å². The smallest absolute Gasteiger partial charge is 0.225 e. The van der Waals surface area contributed by atoms with Gasteiger partial charge in [0.2, 0.25) is 5.91 Å². The largest absolute Gasteiger partial charge is 0.352 e. The van der Waals surface area contributed by atoms with Crippen LogP contribution >= 0.6 is 0 Å². The standard InChI is InChI=1S/C26H41N5O/c1-20-7-5-6-15-30(20)18-22-12-10-21(11-13-22)17-28-26(27-2)29-24-14-16-31(19-24)25(32)23-8-3-4-9-23/h10-13,20,23-24H,3-9,14-19H2,1-2H3,(H2,27,28,29). The maximum absolute atomic E-state index is 12.7. The first kappa shape index (κ1) is 23.1. The number of guanidine groups is 1. The molecule has 2 heterocycles. The van der Waals surface area contributed by atoms with Crippen LogP contribution in [0.5, 0.6) is 0 Å². The molecule has 6 heteroatoms. The molecule has 4 rings (SSSR count). The van der Waals surface area contributed by atoms with Crippen LogP contribution in [0.3, 0.4) is 0 Å². The van der Waals surface area contributed by atoms with E-state index in [0.717, 1.165) is 51.4 Å². The zero-order valence-electron chi connectivity index (χ0n) is 20.0. The first-order valence-corrected chi connectivity index (χ1v) is 12.7. The Hall–Kier alpha value is -2.08. The van der Waals surface area contributed by atoms with Crippen LogP contribution in [0.4, 0.5) is 0 Å². The van der Waals surface area contributed by atoms with Crippen LogP contribution in [0, 0.1) is 5.92 Å². The van der Waals surface area contributed by atoms with Crippen LogP contribution in [-0.2, 0) is 17.9 Å². The van der Waals surface area contributed by atoms with E-state index in [-0.39, 0.29) is 12.0 Å². The second-order valence-electron chi connectivity index (χ2n) is 9.95. The Morgan fingerprint density at radius 1 is 1.00 bits per heavy atom. The molecule has 0 spiro atoms. The Morgan fingerprint density at radius 2 is 1.72 bits per heavy atom. The first-order valence-electron chi connectivity index (χ1n) is 12.7. The molecule has 176 valence electrons. The van der Waals surface area contributed by atoms with Crippen LogP contribution in [0.25, 0.3) is 0 Å². The molecule has 1 amide bonds. The predicted molar refractivity (Wildman–Crippen MR) is 130 cm³/mol. The summed E-state index contributed by atoms with van der Waals surface area (Å²) in [6.45, 7) is 7.02. The fraction of sp³-hybridized carbons (Fsp3) is 0.692. The monoisotopic (exact) mass is 439 g/mol. The van der Waals surface area contributed by atoms with Gasteiger partial charge in [0, 0.05) is 51.2 Å². The van der Waals surface area contributed by atoms with Crippen LogP contribution < -0.4 is 10.6 Å². The van der Waals surface area contributed by atoms with E-state index in [0.29, 0.717) is 11.9 Å². The molecule has 1 aromatic rings. The lowest BCUT2D eigenvalue weighted by Gasteiger charge is -2.33. The van der Waals surface area contributed by atoms with E-state index in [1.54, 1.807) is 0 Å². The number of carbonyl (C=O) groups is 1. The summed E-state index contributed by atoms with van der Waals surface area (Å²) in [6.07, 6.45) is 9.57. The molecule has 3 fully saturated rings. The molecule has 2 aliphatic heterocycles. The Kier molecular flexibility index (Phi) is 8.06. The average molecular weight is 440 g/mol. The zero-order valence-corrected chi connectivity index (χ0v) is 20.0. The molecule has 2 unspecified atom stereocenters. The molecule has 32 heavy (non-hydrogen) atoms. The second-order valence-corrected chi connectivity index (χ2v) is 9.95. The van der Waals surface area contributed by atoms with Gasteiger partial charge in [0.15, 0.2) is 5.96 Å². The van der Waals surface area contributed by atoms with Crippen molar-refractivity contribution in [2.24, 2.45) is 10.9 Å². The van der Waals surface area contributed by atoms with Gasteiger partial charge in [-0.2, -0.15) is 0 Å². The highest BCUT2D eigenvalue weighted by molar-refractivity contribution is 5.81. The first-order chi connectivity index (χ1) is 15.6. The molecular weight excluding hydrogens is 398 g/mol. The molecule has 6 nitrogen and oxygen atoms in total. The quantitative estimate of drug-likeness (QED) is 0.526. The number of amides is 1. The normalized spacial score (nSPS) is 25.3. The van der Waals surface area contributed by atoms with Gasteiger partial charge in [-0.05, 0) is 56.7 Å². The van der Waals surface area contributed by atoms with Crippen molar-refractivity contribution in [1.82, 2.24) is 20.4 Å². The Morgan fingerprint density at radius 3 is 2.44 bits per heavy atom. The molecule has 3 aliphatic rings. The van der Waals surface area contributed by atoms with Crippen LogP contribution in [0.1, 0.15) is 69.4 Å². The van der Waals surface area contributed by atoms with E-state index in [4.69, 9.17) is 0 Å². The molecule has 0 bridgehead atoms. The summed E-state index contributed by atoms with van der Waals surface area (Å²) < 4.78 is 0. The lowest BCUT2D eigenvalue weighted by atomic mass is 10.0. The van der Waals surface area contributed by atoms with Crippen molar-refractivity contribution in [3.8, 4) is 0 Å². The van der Waals surface area contributed by atoms with Crippen molar-refractivity contribution in [3.05, 3.63) is 35.4 Å². The highest BCUT2D eigenvalue weighted by Crippen LogP contribution is 2.28. The number of benzene rings is 1. The van der Waals surface area contributed by atoms with E-state index in [2.05, 4.69) is 56.6 Å². The number of hydrogen-bond donors (Lipinski definition) is 2. The van der Waals surface area contributed by atoms with E-state index in [1.165, 1.54) is 49.8 Å². The molecule has 1 saturated carbocycles. The van der Waals surface area contributed by atoms with Gasteiger partial charge in [-0.3, -0.25) is 14.7 Å². The average Bonchev–Trinajstić information content (AvgIpc) is 3.51. The van der Waals surface area contributed by atoms with Crippen molar-refractivity contribution in [1.29, 1.82) is 0 Å². The minimum absolute atomic E-state index is 0.271. The van der Waals surface area contributed by atoms with Gasteiger partial charge in [-0.25, -0.2) is 0 Å². The summed E-state index contributed by atoms with van der Waals surface area (Å²) in [5.41, 5.74) is 2.65. The van der Waals surface area contributed by atoms with Gasteiger partial charge in [0.1, 0.15) is 0 Å². The summed E-state index contributed by atoms with van der Waals surface area (Å²) >= 11 is 0. The van der Waals surface area contributed by atoms with Gasteiger partial charge in [0.25, 0.3) is 0 Å². The van der Waals surface area contributed by atoms with Crippen molar-refractivity contribution in [2.75, 3.05) is 26.7 Å². The Bertz CT molecular complexity index is 771. The van der Waals surface area contributed by atoms with Gasteiger partial charge in [-0.15, -0.1) is 0 Å². The number of nitrogens with one attached hydrogen (secondary N) is 2. The third-order valence-electron chi connectivity index (χ3n) is 7.58. The lowest BCUT2D eigenvalue weighted by molar-refractivity contribution is -0.134. The predicted octanol–water partition coefficient (Wildman–Crippen LogP) is 3.52. The molecule has 0 radical (unpaired) electrons. The molecule has 0 aromatic heterocycles. The molecule has 1 aliphatic carbocycles. The fourth-order valence-electron chi connectivity index (χ4n) is 5.47. The Balaban J connectivity index is 1.21. The number of piperidine rings is 1. The molecule has 2 atom stereocenters. The Labute approximate surface area is 193 Å². The third-order valence-corrected chi connectivity index (χ3v) is 7.58. The fourth-order valence-corrected chi connectivity index (χ4v) is 5.47. The molecule has 2 N–H and O–H groups in total. The summed E-state index contributed by atoms with van der Waals surface area (Å²) in [7, 11) is 1.81. The van der Waals surface area contributed by atoms with Crippen molar-refractivity contribution in [2.45, 2.75) is 83.5 Å². The zero-order chi connectivity index (χ0) is 22.3. The maximum Gasteiger partial charge on any atom is 0.225 e. The number of rotatable bonds is 6. The highest BCUT2D eigenvalue weighted by Gasteiger charge is 2.32. The summed E-state index contributed by atoms with van der Waals surface area (Å²) in [5, 5.41) is 6.96. The maximum atomic E-state index is 12.7. The minimum Gasteiger partial charge on any atom is -0.352 e. The third kappa shape index (κ3) is 6.03. The van der Waals surface area contributed by atoms with E-state index in [1.807, 2.05) is 7.05 Å². The lowest BCUT2D eigenvalue weighted by Crippen LogP contribution is -2.45. The molecule has 2 saturated heterocycles. The van der Waals surface area contributed by atoms with Gasteiger partial charge >= 0.3 is 0 Å². The van der Waals surface area contributed by atoms with Crippen LogP contribution in [0.15, 0.2) is 29.3 Å². The van der Waals surface area contributed by atoms with Crippen molar-refractivity contribution < 1.29 is 4.79 Å². The van der Waals surface area contributed by atoms with E-state index in [9.17, 15) is 4.79 Å². The molecular formula is C26H41N5O.